The predicted molar refractivity (Wildman–Crippen MR) is 455 cm³/mol. The van der Waals surface area contributed by atoms with Crippen LogP contribution in [0.15, 0.2) is 0 Å². The van der Waals surface area contributed by atoms with Crippen molar-refractivity contribution in [1.29, 1.82) is 0 Å². The van der Waals surface area contributed by atoms with Crippen LogP contribution in [0.3, 0.4) is 0 Å². The van der Waals surface area contributed by atoms with E-state index in [4.69, 9.17) is 37.0 Å². The van der Waals surface area contributed by atoms with Gasteiger partial charge in [0.1, 0.15) is 19.3 Å². The number of carbonyl (C=O) groups is 4. The topological polar surface area (TPSA) is 237 Å². The first-order valence-corrected chi connectivity index (χ1v) is 50.0. The Bertz CT molecular complexity index is 2100. The molecule has 0 aromatic carbocycles. The van der Waals surface area contributed by atoms with Crippen LogP contribution in [0, 0.1) is 11.8 Å². The monoisotopic (exact) mass is 1610 g/mol. The van der Waals surface area contributed by atoms with Crippen LogP contribution in [0.2, 0.25) is 0 Å². The van der Waals surface area contributed by atoms with E-state index in [1.165, 1.54) is 308 Å². The van der Waals surface area contributed by atoms with E-state index in [-0.39, 0.29) is 25.7 Å². The summed E-state index contributed by atoms with van der Waals surface area (Å²) < 4.78 is 69.0. The maximum absolute atomic E-state index is 13.2. The molecule has 0 aromatic heterocycles. The van der Waals surface area contributed by atoms with Crippen molar-refractivity contribution in [2.24, 2.45) is 11.8 Å². The highest BCUT2D eigenvalue weighted by molar-refractivity contribution is 7.47. The highest BCUT2D eigenvalue weighted by Gasteiger charge is 2.31. The summed E-state index contributed by atoms with van der Waals surface area (Å²) in [5.74, 6) is -0.449. The van der Waals surface area contributed by atoms with Crippen LogP contribution < -0.4 is 0 Å². The van der Waals surface area contributed by atoms with E-state index in [9.17, 15) is 43.2 Å². The molecule has 0 amide bonds. The Labute approximate surface area is 677 Å². The smallest absolute Gasteiger partial charge is 0.462 e. The molecular weight excluding hydrogens is 1430 g/mol. The quantitative estimate of drug-likeness (QED) is 0.0222. The SMILES string of the molecule is CCCCCCCCCCCCCCCCCCCCCCCCC(=O)OC[C@H](COP(=O)(O)OC[C@@H](O)COP(=O)(O)OC[C@@H](COC(=O)CCCCCCCCCCCCC)OC(=O)CCCCCCCCCCCCCCC(C)C)OC(=O)CCCCCCCCCCCCCCCCCCCCC(C)CC. The van der Waals surface area contributed by atoms with Crippen LogP contribution in [-0.2, 0) is 65.4 Å². The van der Waals surface area contributed by atoms with Crippen LogP contribution in [0.5, 0.6) is 0 Å². The van der Waals surface area contributed by atoms with E-state index in [2.05, 4.69) is 41.5 Å². The van der Waals surface area contributed by atoms with Crippen LogP contribution in [0.1, 0.15) is 491 Å². The Hall–Kier alpha value is -1.94. The fourth-order valence-corrected chi connectivity index (χ4v) is 15.9. The Balaban J connectivity index is 5.22. The number of rotatable bonds is 90. The zero-order valence-corrected chi connectivity index (χ0v) is 74.4. The molecule has 0 radical (unpaired) electrons. The minimum absolute atomic E-state index is 0.108. The van der Waals surface area contributed by atoms with E-state index in [1.54, 1.807) is 0 Å². The molecule has 3 unspecified atom stereocenters. The van der Waals surface area contributed by atoms with Crippen molar-refractivity contribution < 1.29 is 80.2 Å². The molecule has 0 spiro atoms. The zero-order chi connectivity index (χ0) is 80.6. The summed E-state index contributed by atoms with van der Waals surface area (Å²) >= 11 is 0. The van der Waals surface area contributed by atoms with Crippen molar-refractivity contribution in [3.8, 4) is 0 Å². The molecule has 0 saturated carbocycles. The normalized spacial score (nSPS) is 14.0. The lowest BCUT2D eigenvalue weighted by molar-refractivity contribution is -0.161. The van der Waals surface area contributed by atoms with Gasteiger partial charge in [0.15, 0.2) is 12.2 Å². The number of aliphatic hydroxyl groups excluding tert-OH is 1. The molecule has 0 aliphatic heterocycles. The minimum Gasteiger partial charge on any atom is -0.462 e. The number of unbranched alkanes of at least 4 members (excludes halogenated alkanes) is 59. The molecule has 19 heteroatoms. The number of phosphoric acid groups is 2. The Morgan fingerprint density at radius 3 is 0.691 bits per heavy atom. The summed E-state index contributed by atoms with van der Waals surface area (Å²) in [6.07, 6.45) is 76.5. The average Bonchev–Trinajstić information content (AvgIpc) is 0.897. The molecule has 17 nitrogen and oxygen atoms in total. The third kappa shape index (κ3) is 82.6. The van der Waals surface area contributed by atoms with Crippen molar-refractivity contribution in [3.63, 3.8) is 0 Å². The van der Waals surface area contributed by atoms with Gasteiger partial charge in [0.25, 0.3) is 0 Å². The Morgan fingerprint density at radius 1 is 0.264 bits per heavy atom. The predicted octanol–water partition coefficient (Wildman–Crippen LogP) is 28.2. The lowest BCUT2D eigenvalue weighted by Crippen LogP contribution is -2.30. The van der Waals surface area contributed by atoms with E-state index in [0.29, 0.717) is 25.7 Å². The Morgan fingerprint density at radius 2 is 0.464 bits per heavy atom. The van der Waals surface area contributed by atoms with Crippen molar-refractivity contribution in [3.05, 3.63) is 0 Å². The molecule has 0 fully saturated rings. The fourth-order valence-electron chi connectivity index (χ4n) is 14.3. The summed E-state index contributed by atoms with van der Waals surface area (Å²) in [6.45, 7) is 9.77. The first-order chi connectivity index (χ1) is 53.4. The second kappa shape index (κ2) is 82.2. The summed E-state index contributed by atoms with van der Waals surface area (Å²) in [6, 6.07) is 0. The summed E-state index contributed by atoms with van der Waals surface area (Å²) in [5.41, 5.74) is 0. The van der Waals surface area contributed by atoms with Gasteiger partial charge in [-0.1, -0.05) is 440 Å². The van der Waals surface area contributed by atoms with Crippen molar-refractivity contribution in [1.82, 2.24) is 0 Å². The van der Waals surface area contributed by atoms with Gasteiger partial charge in [-0.15, -0.1) is 0 Å². The van der Waals surface area contributed by atoms with Gasteiger partial charge in [-0.25, -0.2) is 9.13 Å². The summed E-state index contributed by atoms with van der Waals surface area (Å²) in [5, 5.41) is 10.7. The first-order valence-electron chi connectivity index (χ1n) is 47.0. The van der Waals surface area contributed by atoms with Gasteiger partial charge in [-0.05, 0) is 37.5 Å². The molecule has 0 heterocycles. The van der Waals surface area contributed by atoms with Gasteiger partial charge >= 0.3 is 39.5 Å². The van der Waals surface area contributed by atoms with Gasteiger partial charge < -0.3 is 33.8 Å². The van der Waals surface area contributed by atoms with Gasteiger partial charge in [-0.3, -0.25) is 37.3 Å². The van der Waals surface area contributed by atoms with Gasteiger partial charge in [0.2, 0.25) is 0 Å². The van der Waals surface area contributed by atoms with E-state index >= 15 is 0 Å². The number of hydrogen-bond donors (Lipinski definition) is 3. The Kier molecular flexibility index (Phi) is 80.7. The molecule has 0 aliphatic carbocycles. The van der Waals surface area contributed by atoms with Crippen LogP contribution in [-0.4, -0.2) is 96.7 Å². The van der Waals surface area contributed by atoms with Crippen molar-refractivity contribution >= 4 is 39.5 Å². The summed E-state index contributed by atoms with van der Waals surface area (Å²) in [4.78, 5) is 73.4. The summed E-state index contributed by atoms with van der Waals surface area (Å²) in [7, 11) is -9.93. The zero-order valence-electron chi connectivity index (χ0n) is 72.6. The maximum Gasteiger partial charge on any atom is 0.472 e. The molecule has 6 atom stereocenters. The number of phosphoric ester groups is 2. The number of carbonyl (C=O) groups excluding carboxylic acids is 4. The van der Waals surface area contributed by atoms with E-state index in [0.717, 1.165) is 102 Å². The van der Waals surface area contributed by atoms with Gasteiger partial charge in [0, 0.05) is 25.7 Å². The highest BCUT2D eigenvalue weighted by Crippen LogP contribution is 2.45. The van der Waals surface area contributed by atoms with Gasteiger partial charge in [-0.2, -0.15) is 0 Å². The van der Waals surface area contributed by atoms with Crippen molar-refractivity contribution in [2.45, 2.75) is 509 Å². The van der Waals surface area contributed by atoms with Crippen LogP contribution in [0.4, 0.5) is 0 Å². The molecular formula is C91H178O17P2. The lowest BCUT2D eigenvalue weighted by atomic mass is 9.99. The maximum atomic E-state index is 13.2. The lowest BCUT2D eigenvalue weighted by Gasteiger charge is -2.21. The molecule has 0 bridgehead atoms. The molecule has 0 aromatic rings. The van der Waals surface area contributed by atoms with Crippen molar-refractivity contribution in [2.75, 3.05) is 39.6 Å². The average molecular weight is 1610 g/mol. The molecule has 0 aliphatic rings. The second-order valence-corrected chi connectivity index (χ2v) is 36.3. The van der Waals surface area contributed by atoms with Gasteiger partial charge in [0.05, 0.1) is 26.4 Å². The minimum atomic E-state index is -4.97. The number of esters is 4. The van der Waals surface area contributed by atoms with Crippen LogP contribution in [0.25, 0.3) is 0 Å². The number of ether oxygens (including phenoxy) is 4. The number of aliphatic hydroxyl groups is 1. The first kappa shape index (κ1) is 108. The largest absolute Gasteiger partial charge is 0.472 e. The molecule has 3 N–H and O–H groups in total. The standard InChI is InChI=1S/C91H178O17P2/c1-7-10-12-14-16-18-20-21-22-23-24-25-26-27-31-34-37-44-50-56-62-68-74-89(94)102-80-87(107-90(95)75-69-63-57-51-45-38-35-32-29-28-30-33-36-43-48-54-60-66-72-84(6)9-3)82-106-110(99,100)104-78-85(92)77-103-109(97,98)105-81-86(79-101-88(93)73-67-61-55-49-41-19-17-15-13-11-8-2)108-91(96)76-70-64-58-52-46-40-39-42-47-53-59-65-71-83(4)5/h83-87,92H,7-82H2,1-6H3,(H,97,98)(H,99,100)/t84?,85-,86+,87+/m0/s1. The fraction of sp³-hybridized carbons (Fsp3) is 0.956. The molecule has 0 rings (SSSR count). The van der Waals surface area contributed by atoms with E-state index < -0.39 is 97.5 Å². The van der Waals surface area contributed by atoms with Crippen LogP contribution >= 0.6 is 15.6 Å². The number of hydrogen-bond acceptors (Lipinski definition) is 15. The molecule has 0 saturated heterocycles. The third-order valence-electron chi connectivity index (χ3n) is 21.8. The molecule has 654 valence electrons. The highest BCUT2D eigenvalue weighted by atomic mass is 31.2. The second-order valence-electron chi connectivity index (χ2n) is 33.4. The molecule has 110 heavy (non-hydrogen) atoms. The van der Waals surface area contributed by atoms with E-state index in [1.807, 2.05) is 0 Å². The third-order valence-corrected chi connectivity index (χ3v) is 23.7.